The van der Waals surface area contributed by atoms with Crippen molar-refractivity contribution in [3.63, 3.8) is 0 Å². The first-order valence-electron chi connectivity index (χ1n) is 10.6. The van der Waals surface area contributed by atoms with E-state index in [4.69, 9.17) is 21.5 Å². The molecule has 1 aromatic rings. The van der Waals surface area contributed by atoms with E-state index in [1.54, 1.807) is 6.92 Å². The number of ketones is 1. The third kappa shape index (κ3) is 5.80. The van der Waals surface area contributed by atoms with Crippen LogP contribution >= 0.6 is 11.6 Å². The van der Waals surface area contributed by atoms with E-state index in [1.165, 1.54) is 0 Å². The van der Waals surface area contributed by atoms with Crippen LogP contribution in [0.15, 0.2) is 16.8 Å². The number of phenolic OH excluding ortho intramolecular Hbond substituents is 2. The average molecular weight is 452 g/mol. The minimum atomic E-state index is -0.710. The number of phenols is 2. The quantitative estimate of drug-likeness (QED) is 0.204. The van der Waals surface area contributed by atoms with Crippen LogP contribution < -0.4 is 0 Å². The monoisotopic (exact) mass is 451 g/mol. The first-order valence-corrected chi connectivity index (χ1v) is 11.0. The van der Waals surface area contributed by atoms with Gasteiger partial charge in [0.15, 0.2) is 5.78 Å². The molecule has 6 nitrogen and oxygen atoms in total. The minimum absolute atomic E-state index is 0.0656. The Morgan fingerprint density at radius 2 is 1.94 bits per heavy atom. The van der Waals surface area contributed by atoms with Crippen molar-refractivity contribution in [3.05, 3.63) is 33.4 Å². The maximum atomic E-state index is 12.0. The van der Waals surface area contributed by atoms with Crippen LogP contribution in [0.25, 0.3) is 0 Å². The third-order valence-corrected chi connectivity index (χ3v) is 6.74. The van der Waals surface area contributed by atoms with Crippen LogP contribution in [0.5, 0.6) is 11.5 Å². The minimum Gasteiger partial charge on any atom is -0.507 e. The summed E-state index contributed by atoms with van der Waals surface area (Å²) in [4.78, 5) is 12.0. The van der Waals surface area contributed by atoms with Crippen LogP contribution in [-0.4, -0.2) is 39.1 Å². The van der Waals surface area contributed by atoms with Gasteiger partial charge >= 0.3 is 0 Å². The van der Waals surface area contributed by atoms with Crippen LogP contribution in [0.3, 0.4) is 0 Å². The van der Waals surface area contributed by atoms with Crippen molar-refractivity contribution in [1.82, 2.24) is 0 Å². The number of allylic oxidation sites excluding steroid dienone is 1. The zero-order valence-corrected chi connectivity index (χ0v) is 20.0. The molecule has 0 unspecified atom stereocenters. The van der Waals surface area contributed by atoms with Crippen molar-refractivity contribution in [2.24, 2.45) is 10.6 Å². The molecule has 0 bridgehead atoms. The molecule has 1 heterocycles. The normalized spacial score (nSPS) is 19.5. The number of halogens is 1. The summed E-state index contributed by atoms with van der Waals surface area (Å²) in [7, 11) is 0. The number of aromatic hydroxyl groups is 2. The topological polar surface area (TPSA) is 99.4 Å². The second-order valence-corrected chi connectivity index (χ2v) is 10.0. The number of ether oxygens (including phenoxy) is 1. The third-order valence-electron chi connectivity index (χ3n) is 6.28. The second-order valence-electron chi connectivity index (χ2n) is 9.67. The van der Waals surface area contributed by atoms with Gasteiger partial charge < -0.3 is 20.2 Å². The predicted octanol–water partition coefficient (Wildman–Crippen LogP) is 5.69. The maximum absolute atomic E-state index is 12.0. The van der Waals surface area contributed by atoms with E-state index in [1.807, 2.05) is 20.8 Å². The highest BCUT2D eigenvalue weighted by Gasteiger charge is 2.40. The molecule has 1 aromatic carbocycles. The molecular weight excluding hydrogens is 418 g/mol. The molecule has 0 spiro atoms. The fraction of sp³-hybridized carbons (Fsp3) is 0.583. The number of rotatable bonds is 8. The van der Waals surface area contributed by atoms with Gasteiger partial charge in [-0.05, 0) is 69.9 Å². The fourth-order valence-electron chi connectivity index (χ4n) is 3.87. The Labute approximate surface area is 189 Å². The molecule has 2 rings (SSSR count). The van der Waals surface area contributed by atoms with Gasteiger partial charge in [0.25, 0.3) is 0 Å². The fourth-order valence-corrected chi connectivity index (χ4v) is 4.09. The van der Waals surface area contributed by atoms with Gasteiger partial charge in [0.1, 0.15) is 17.1 Å². The van der Waals surface area contributed by atoms with Crippen LogP contribution in [0.2, 0.25) is 5.02 Å². The summed E-state index contributed by atoms with van der Waals surface area (Å²) >= 11 is 6.21. The van der Waals surface area contributed by atoms with Crippen molar-refractivity contribution >= 4 is 23.6 Å². The SMILES string of the molecule is C/C(=C\CCC(C)(C)CCc1c(O)c(Cl)c(C)c(/C=N/O)c1O)[C@@H]1CC(=O)C(C)(C)O1. The largest absolute Gasteiger partial charge is 0.507 e. The molecule has 172 valence electrons. The molecule has 0 saturated carbocycles. The van der Waals surface area contributed by atoms with Gasteiger partial charge in [-0.25, -0.2) is 0 Å². The molecular formula is C24H34ClNO5. The smallest absolute Gasteiger partial charge is 0.167 e. The summed E-state index contributed by atoms with van der Waals surface area (Å²) in [5.41, 5.74) is 1.40. The Bertz CT molecular complexity index is 902. The molecule has 1 aliphatic rings. The Morgan fingerprint density at radius 3 is 2.48 bits per heavy atom. The van der Waals surface area contributed by atoms with Gasteiger partial charge in [0.2, 0.25) is 0 Å². The Morgan fingerprint density at radius 1 is 1.29 bits per heavy atom. The van der Waals surface area contributed by atoms with E-state index in [0.717, 1.165) is 24.6 Å². The van der Waals surface area contributed by atoms with Gasteiger partial charge in [0.05, 0.1) is 17.3 Å². The molecule has 0 radical (unpaired) electrons. The molecule has 0 amide bonds. The van der Waals surface area contributed by atoms with E-state index < -0.39 is 5.60 Å². The van der Waals surface area contributed by atoms with Gasteiger partial charge in [0, 0.05) is 17.5 Å². The van der Waals surface area contributed by atoms with E-state index in [0.29, 0.717) is 36.0 Å². The highest BCUT2D eigenvalue weighted by atomic mass is 35.5. The van der Waals surface area contributed by atoms with Crippen molar-refractivity contribution in [3.8, 4) is 11.5 Å². The summed E-state index contributed by atoms with van der Waals surface area (Å²) in [6, 6.07) is 0. The lowest BCUT2D eigenvalue weighted by Gasteiger charge is -2.25. The zero-order chi connectivity index (χ0) is 23.6. The van der Waals surface area contributed by atoms with Crippen molar-refractivity contribution in [2.45, 2.75) is 85.4 Å². The predicted molar refractivity (Wildman–Crippen MR) is 123 cm³/mol. The first kappa shape index (κ1) is 25.2. The molecule has 0 aliphatic carbocycles. The number of carbonyl (C=O) groups is 1. The van der Waals surface area contributed by atoms with E-state index >= 15 is 0 Å². The van der Waals surface area contributed by atoms with Crippen molar-refractivity contribution in [1.29, 1.82) is 0 Å². The number of benzene rings is 1. The summed E-state index contributed by atoms with van der Waals surface area (Å²) in [6.45, 7) is 11.5. The molecule has 1 fully saturated rings. The molecule has 0 aromatic heterocycles. The van der Waals surface area contributed by atoms with Crippen LogP contribution in [0, 0.1) is 12.3 Å². The van der Waals surface area contributed by atoms with Crippen molar-refractivity contribution in [2.75, 3.05) is 0 Å². The maximum Gasteiger partial charge on any atom is 0.167 e. The number of hydrogen-bond donors (Lipinski definition) is 3. The Kier molecular flexibility index (Phi) is 7.82. The molecule has 1 saturated heterocycles. The summed E-state index contributed by atoms with van der Waals surface area (Å²) in [5.74, 6) is -0.120. The lowest BCUT2D eigenvalue weighted by molar-refractivity contribution is -0.129. The second kappa shape index (κ2) is 9.61. The van der Waals surface area contributed by atoms with Crippen LogP contribution in [0.1, 0.15) is 77.0 Å². The number of nitrogens with zero attached hydrogens (tertiary/aromatic N) is 1. The number of Topliss-reactive ketones (excluding diaryl/α,β-unsaturated/α-hetero) is 1. The molecule has 3 N–H and O–H groups in total. The zero-order valence-electron chi connectivity index (χ0n) is 19.3. The van der Waals surface area contributed by atoms with Crippen LogP contribution in [-0.2, 0) is 16.0 Å². The van der Waals surface area contributed by atoms with E-state index in [-0.39, 0.29) is 33.8 Å². The molecule has 1 aliphatic heterocycles. The van der Waals surface area contributed by atoms with Crippen LogP contribution in [0.4, 0.5) is 0 Å². The number of hydrogen-bond acceptors (Lipinski definition) is 6. The molecule has 31 heavy (non-hydrogen) atoms. The summed E-state index contributed by atoms with van der Waals surface area (Å²) < 4.78 is 5.87. The molecule has 1 atom stereocenters. The standard InChI is InChI=1S/C24H34ClNO5/c1-14(18-12-19(27)24(5,6)31-18)8-7-10-23(3,4)11-9-16-21(28)17(13-26-30)15(2)20(25)22(16)29/h8,13,18,28-30H,7,9-12H2,1-6H3/b14-8+,26-13+/t18-/m0/s1. The Balaban J connectivity index is 2.03. The van der Waals surface area contributed by atoms with E-state index in [9.17, 15) is 15.0 Å². The van der Waals surface area contributed by atoms with Gasteiger partial charge in [-0.2, -0.15) is 0 Å². The number of oxime groups is 1. The van der Waals surface area contributed by atoms with Crippen molar-refractivity contribution < 1.29 is 25.0 Å². The van der Waals surface area contributed by atoms with Gasteiger partial charge in [-0.3, -0.25) is 4.79 Å². The van der Waals surface area contributed by atoms with Gasteiger partial charge in [-0.1, -0.05) is 36.7 Å². The molecule has 7 heteroatoms. The Hall–Kier alpha value is -2.05. The average Bonchev–Trinajstić information content (AvgIpc) is 2.96. The number of carbonyl (C=O) groups excluding carboxylic acids is 1. The van der Waals surface area contributed by atoms with Gasteiger partial charge in [-0.15, -0.1) is 0 Å². The lowest BCUT2D eigenvalue weighted by Crippen LogP contribution is -2.27. The summed E-state index contributed by atoms with van der Waals surface area (Å²) in [6.07, 6.45) is 6.38. The highest BCUT2D eigenvalue weighted by molar-refractivity contribution is 6.33. The highest BCUT2D eigenvalue weighted by Crippen LogP contribution is 2.42. The summed E-state index contributed by atoms with van der Waals surface area (Å²) in [5, 5.41) is 33.0. The lowest BCUT2D eigenvalue weighted by atomic mass is 9.81. The van der Waals surface area contributed by atoms with E-state index in [2.05, 4.69) is 25.1 Å². The first-order chi connectivity index (χ1) is 14.3.